The van der Waals surface area contributed by atoms with Crippen LogP contribution < -0.4 is 5.32 Å². The molecule has 1 N–H and O–H groups in total. The standard InChI is InChI=1S/C45H67N/c1-2-44(40-16-28-4-29(17-40)6-30(5-28)18-40,41-19-31-7-32(20-41)9-33(8-31)21-41)46-45(3-1,42-22-34-10-35(23-42)12-36(11-34)24-42)43-25-37-13-38(26-43)15-39(14-37)27-43/h28-39,46H,1-27H2. The van der Waals surface area contributed by atoms with Crippen molar-refractivity contribution in [2.24, 2.45) is 92.7 Å². The Morgan fingerprint density at radius 3 is 0.609 bits per heavy atom. The summed E-state index contributed by atoms with van der Waals surface area (Å²) in [7, 11) is 0. The first-order chi connectivity index (χ1) is 22.4. The fraction of sp³-hybridized carbons (Fsp3) is 1.00. The van der Waals surface area contributed by atoms with E-state index < -0.39 is 0 Å². The normalized spacial score (nSPS) is 67.8. The molecule has 0 unspecified atom stereocenters. The van der Waals surface area contributed by atoms with Crippen LogP contribution in [0.4, 0.5) is 0 Å². The summed E-state index contributed by atoms with van der Waals surface area (Å²) in [6, 6.07) is 0. The Hall–Kier alpha value is -0.0400. The fourth-order valence-electron chi connectivity index (χ4n) is 22.4. The summed E-state index contributed by atoms with van der Waals surface area (Å²) in [6.45, 7) is 0. The first kappa shape index (κ1) is 27.7. The molecule has 252 valence electrons. The lowest BCUT2D eigenvalue weighted by atomic mass is 9.30. The molecule has 17 fully saturated rings. The predicted molar refractivity (Wildman–Crippen MR) is 185 cm³/mol. The zero-order valence-electron chi connectivity index (χ0n) is 29.5. The summed E-state index contributed by atoms with van der Waals surface area (Å²) in [5.74, 6) is 13.1. The second kappa shape index (κ2) is 8.70. The van der Waals surface area contributed by atoms with Gasteiger partial charge in [0.2, 0.25) is 0 Å². The highest BCUT2D eigenvalue weighted by Gasteiger charge is 2.77. The van der Waals surface area contributed by atoms with Gasteiger partial charge in [-0.3, -0.25) is 0 Å². The van der Waals surface area contributed by atoms with E-state index in [9.17, 15) is 0 Å². The minimum Gasteiger partial charge on any atom is -0.304 e. The molecule has 0 radical (unpaired) electrons. The number of rotatable bonds is 4. The Kier molecular flexibility index (Phi) is 5.23. The molecule has 16 saturated carbocycles. The van der Waals surface area contributed by atoms with Crippen molar-refractivity contribution in [3.05, 3.63) is 0 Å². The van der Waals surface area contributed by atoms with Gasteiger partial charge in [-0.05, 0) is 266 Å². The Morgan fingerprint density at radius 2 is 0.435 bits per heavy atom. The fourth-order valence-corrected chi connectivity index (χ4v) is 22.4. The average molecular weight is 622 g/mol. The number of piperidine rings is 1. The smallest absolute Gasteiger partial charge is 0.0300 e. The van der Waals surface area contributed by atoms with Gasteiger partial charge in [-0.1, -0.05) is 0 Å². The molecule has 46 heavy (non-hydrogen) atoms. The van der Waals surface area contributed by atoms with E-state index in [0.717, 1.165) is 71.0 Å². The largest absolute Gasteiger partial charge is 0.304 e. The average Bonchev–Trinajstić information content (AvgIpc) is 2.98. The summed E-state index contributed by atoms with van der Waals surface area (Å²) in [4.78, 5) is 0. The molecule has 1 heterocycles. The molecule has 0 aromatic rings. The maximum atomic E-state index is 5.61. The van der Waals surface area contributed by atoms with E-state index in [1.165, 1.54) is 0 Å². The minimum atomic E-state index is 0.469. The van der Waals surface area contributed by atoms with Crippen LogP contribution in [0, 0.1) is 92.7 Å². The first-order valence-electron chi connectivity index (χ1n) is 22.1. The van der Waals surface area contributed by atoms with Crippen LogP contribution in [0.3, 0.4) is 0 Å². The molecule has 16 aliphatic carbocycles. The maximum absolute atomic E-state index is 5.61. The first-order valence-corrected chi connectivity index (χ1v) is 22.1. The van der Waals surface area contributed by atoms with E-state index in [4.69, 9.17) is 5.32 Å². The van der Waals surface area contributed by atoms with Crippen LogP contribution in [0.5, 0.6) is 0 Å². The monoisotopic (exact) mass is 622 g/mol. The van der Waals surface area contributed by atoms with E-state index in [1.807, 2.05) is 0 Å². The van der Waals surface area contributed by atoms with Crippen LogP contribution in [0.15, 0.2) is 0 Å². The number of hydrogen-bond donors (Lipinski definition) is 1. The van der Waals surface area contributed by atoms with Gasteiger partial charge in [-0.25, -0.2) is 0 Å². The van der Waals surface area contributed by atoms with Crippen LogP contribution >= 0.6 is 0 Å². The Bertz CT molecular complexity index is 989. The summed E-state index contributed by atoms with van der Waals surface area (Å²) >= 11 is 0. The minimum absolute atomic E-state index is 0.469. The summed E-state index contributed by atoms with van der Waals surface area (Å²) < 4.78 is 0. The van der Waals surface area contributed by atoms with Crippen molar-refractivity contribution in [3.63, 3.8) is 0 Å². The molecule has 1 aliphatic heterocycles. The van der Waals surface area contributed by atoms with Crippen LogP contribution in [0.1, 0.15) is 173 Å². The third kappa shape index (κ3) is 3.25. The molecular weight excluding hydrogens is 555 g/mol. The van der Waals surface area contributed by atoms with Crippen LogP contribution in [-0.2, 0) is 0 Å². The molecule has 1 nitrogen and oxygen atoms in total. The molecule has 17 aliphatic rings. The van der Waals surface area contributed by atoms with Crippen LogP contribution in [-0.4, -0.2) is 11.1 Å². The second-order valence-electron chi connectivity index (χ2n) is 23.6. The highest BCUT2D eigenvalue weighted by atomic mass is 15.2. The molecule has 0 amide bonds. The van der Waals surface area contributed by atoms with Gasteiger partial charge in [0.25, 0.3) is 0 Å². The van der Waals surface area contributed by atoms with Crippen molar-refractivity contribution in [1.29, 1.82) is 0 Å². The highest BCUT2D eigenvalue weighted by molar-refractivity contribution is 5.31. The van der Waals surface area contributed by atoms with E-state index in [2.05, 4.69) is 0 Å². The van der Waals surface area contributed by atoms with Crippen molar-refractivity contribution in [3.8, 4) is 0 Å². The Morgan fingerprint density at radius 1 is 0.261 bits per heavy atom. The number of nitrogens with one attached hydrogen (secondary N) is 1. The van der Waals surface area contributed by atoms with Gasteiger partial charge in [0.15, 0.2) is 0 Å². The molecule has 0 aromatic heterocycles. The highest BCUT2D eigenvalue weighted by Crippen LogP contribution is 2.79. The van der Waals surface area contributed by atoms with Crippen LogP contribution in [0.25, 0.3) is 0 Å². The van der Waals surface area contributed by atoms with Gasteiger partial charge in [0.1, 0.15) is 0 Å². The third-order valence-electron chi connectivity index (χ3n) is 21.3. The molecule has 0 atom stereocenters. The Labute approximate surface area is 281 Å². The third-order valence-corrected chi connectivity index (χ3v) is 21.3. The van der Waals surface area contributed by atoms with Crippen molar-refractivity contribution in [2.75, 3.05) is 0 Å². The lowest BCUT2D eigenvalue weighted by molar-refractivity contribution is -0.266. The zero-order chi connectivity index (χ0) is 29.7. The van der Waals surface area contributed by atoms with Gasteiger partial charge < -0.3 is 5.32 Å². The summed E-state index contributed by atoms with van der Waals surface area (Å²) in [5.41, 5.74) is 3.51. The lowest BCUT2D eigenvalue weighted by Crippen LogP contribution is -2.85. The summed E-state index contributed by atoms with van der Waals surface area (Å²) in [6.07, 6.45) is 44.3. The van der Waals surface area contributed by atoms with Gasteiger partial charge in [0.05, 0.1) is 0 Å². The maximum Gasteiger partial charge on any atom is 0.0300 e. The van der Waals surface area contributed by atoms with Crippen LogP contribution in [0.2, 0.25) is 0 Å². The van der Waals surface area contributed by atoms with Crippen molar-refractivity contribution < 1.29 is 0 Å². The molecule has 17 rings (SSSR count). The second-order valence-corrected chi connectivity index (χ2v) is 23.6. The predicted octanol–water partition coefficient (Wildman–Crippen LogP) is 11.1. The molecular formula is C45H67N. The van der Waals surface area contributed by atoms with Gasteiger partial charge in [-0.15, -0.1) is 0 Å². The molecule has 0 aromatic carbocycles. The quantitative estimate of drug-likeness (QED) is 0.329. The summed E-state index contributed by atoms with van der Waals surface area (Å²) in [5, 5.41) is 5.61. The SMILES string of the molecule is C1CC(C23CC4CC(CC(C4)C2)C3)(C23CC4CC(CC(C4)C2)C3)NC(C23CC4CC(CC(C4)C2)C3)(C23CC4CC(CC(C4)C2)C3)C1. The molecule has 0 spiro atoms. The van der Waals surface area contributed by atoms with Crippen molar-refractivity contribution in [2.45, 2.75) is 184 Å². The topological polar surface area (TPSA) is 12.0 Å². The zero-order valence-corrected chi connectivity index (χ0v) is 29.5. The molecule has 1 saturated heterocycles. The number of hydrogen-bond acceptors (Lipinski definition) is 1. The molecule has 16 bridgehead atoms. The van der Waals surface area contributed by atoms with Gasteiger partial charge in [-0.2, -0.15) is 0 Å². The van der Waals surface area contributed by atoms with E-state index in [0.29, 0.717) is 32.7 Å². The lowest BCUT2D eigenvalue weighted by Gasteiger charge is -2.80. The van der Waals surface area contributed by atoms with Gasteiger partial charge >= 0.3 is 0 Å². The van der Waals surface area contributed by atoms with Gasteiger partial charge in [0, 0.05) is 11.1 Å². The molecule has 1 heteroatoms. The van der Waals surface area contributed by atoms with Crippen molar-refractivity contribution >= 4 is 0 Å². The van der Waals surface area contributed by atoms with E-state index in [-0.39, 0.29) is 0 Å². The van der Waals surface area contributed by atoms with E-state index >= 15 is 0 Å². The van der Waals surface area contributed by atoms with E-state index in [1.54, 1.807) is 173 Å². The Balaban J connectivity index is 1.04. The van der Waals surface area contributed by atoms with Crippen molar-refractivity contribution in [1.82, 2.24) is 5.32 Å².